The summed E-state index contributed by atoms with van der Waals surface area (Å²) in [7, 11) is 0. The van der Waals surface area contributed by atoms with E-state index in [4.69, 9.17) is 11.6 Å². The first kappa shape index (κ1) is 12.3. The third kappa shape index (κ3) is 2.96. The van der Waals surface area contributed by atoms with E-state index >= 15 is 0 Å². The largest absolute Gasteiger partial charge is 0.349 e. The lowest BCUT2D eigenvalue weighted by molar-refractivity contribution is -0.124. The summed E-state index contributed by atoms with van der Waals surface area (Å²) in [5.41, 5.74) is 0.979. The minimum absolute atomic E-state index is 0.0285. The number of carbonyl (C=O) groups is 1. The zero-order valence-corrected chi connectivity index (χ0v) is 11.0. The molecule has 0 saturated heterocycles. The Morgan fingerprint density at radius 2 is 2.29 bits per heavy atom. The molecule has 5 heteroatoms. The van der Waals surface area contributed by atoms with Crippen LogP contribution in [-0.4, -0.2) is 16.8 Å². The molecule has 1 amide bonds. The summed E-state index contributed by atoms with van der Waals surface area (Å²) in [4.78, 5) is 16.0. The number of hydrogen-bond donors (Lipinski definition) is 1. The van der Waals surface area contributed by atoms with Gasteiger partial charge in [-0.2, -0.15) is 0 Å². The molecule has 17 heavy (non-hydrogen) atoms. The van der Waals surface area contributed by atoms with E-state index in [1.807, 2.05) is 24.3 Å². The van der Waals surface area contributed by atoms with Gasteiger partial charge in [-0.3, -0.25) is 4.79 Å². The maximum absolute atomic E-state index is 11.5. The van der Waals surface area contributed by atoms with Crippen LogP contribution in [0.3, 0.4) is 0 Å². The first-order valence-electron chi connectivity index (χ1n) is 5.39. The van der Waals surface area contributed by atoms with Crippen molar-refractivity contribution in [1.82, 2.24) is 10.3 Å². The highest BCUT2D eigenvalue weighted by Crippen LogP contribution is 2.21. The molecule has 90 valence electrons. The zero-order valence-electron chi connectivity index (χ0n) is 9.44. The van der Waals surface area contributed by atoms with Gasteiger partial charge in [-0.05, 0) is 12.1 Å². The molecule has 0 aliphatic carbocycles. The predicted octanol–water partition coefficient (Wildman–Crippen LogP) is 2.79. The fraction of sp³-hybridized carbons (Fsp3) is 0.333. The first-order chi connectivity index (χ1) is 8.20. The lowest BCUT2D eigenvalue weighted by Crippen LogP contribution is -2.29. The fourth-order valence-electron chi connectivity index (χ4n) is 1.40. The topological polar surface area (TPSA) is 42.0 Å². The van der Waals surface area contributed by atoms with Gasteiger partial charge in [-0.1, -0.05) is 19.1 Å². The molecule has 1 unspecified atom stereocenters. The van der Waals surface area contributed by atoms with Crippen LogP contribution in [0.4, 0.5) is 0 Å². The van der Waals surface area contributed by atoms with E-state index in [1.165, 1.54) is 0 Å². The summed E-state index contributed by atoms with van der Waals surface area (Å²) in [5, 5.41) is 3.75. The van der Waals surface area contributed by atoms with Crippen LogP contribution in [0.5, 0.6) is 0 Å². The fourth-order valence-corrected chi connectivity index (χ4v) is 2.45. The van der Waals surface area contributed by atoms with Crippen molar-refractivity contribution in [2.75, 3.05) is 5.88 Å². The van der Waals surface area contributed by atoms with E-state index < -0.39 is 0 Å². The number of hydrogen-bond acceptors (Lipinski definition) is 3. The number of nitrogens with one attached hydrogen (secondary N) is 1. The smallest absolute Gasteiger partial charge is 0.224 e. The molecule has 0 fully saturated rings. The molecule has 1 N–H and O–H groups in total. The number of rotatable bonds is 4. The Labute approximate surface area is 109 Å². The second kappa shape index (κ2) is 5.47. The molecular weight excluding hydrogens is 256 g/mol. The number of benzene rings is 1. The number of para-hydroxylation sites is 1. The van der Waals surface area contributed by atoms with Crippen LogP contribution in [0.15, 0.2) is 24.3 Å². The van der Waals surface area contributed by atoms with Crippen molar-refractivity contribution >= 4 is 39.1 Å². The molecule has 1 atom stereocenters. The van der Waals surface area contributed by atoms with Crippen molar-refractivity contribution in [2.24, 2.45) is 5.92 Å². The normalized spacial score (nSPS) is 12.6. The average Bonchev–Trinajstić information content (AvgIpc) is 2.77. The third-order valence-electron chi connectivity index (χ3n) is 2.43. The van der Waals surface area contributed by atoms with Crippen LogP contribution in [0, 0.1) is 5.92 Å². The molecule has 2 aromatic rings. The monoisotopic (exact) mass is 268 g/mol. The molecule has 2 rings (SSSR count). The Morgan fingerprint density at radius 3 is 3.00 bits per heavy atom. The summed E-state index contributed by atoms with van der Waals surface area (Å²) < 4.78 is 1.14. The van der Waals surface area contributed by atoms with Gasteiger partial charge in [0.2, 0.25) is 5.91 Å². The van der Waals surface area contributed by atoms with E-state index in [-0.39, 0.29) is 11.8 Å². The van der Waals surface area contributed by atoms with E-state index in [2.05, 4.69) is 10.3 Å². The Balaban J connectivity index is 2.02. The number of thiazole rings is 1. The molecule has 1 aromatic carbocycles. The Morgan fingerprint density at radius 1 is 1.53 bits per heavy atom. The highest BCUT2D eigenvalue weighted by Gasteiger charge is 2.11. The lowest BCUT2D eigenvalue weighted by atomic mass is 10.2. The quantitative estimate of drug-likeness (QED) is 0.867. The second-order valence-electron chi connectivity index (χ2n) is 3.85. The van der Waals surface area contributed by atoms with Crippen molar-refractivity contribution in [3.63, 3.8) is 0 Å². The number of halogens is 1. The van der Waals surface area contributed by atoms with Gasteiger partial charge in [-0.15, -0.1) is 22.9 Å². The van der Waals surface area contributed by atoms with Gasteiger partial charge >= 0.3 is 0 Å². The molecule has 0 bridgehead atoms. The van der Waals surface area contributed by atoms with Crippen LogP contribution in [-0.2, 0) is 11.3 Å². The minimum Gasteiger partial charge on any atom is -0.349 e. The molecule has 3 nitrogen and oxygen atoms in total. The lowest BCUT2D eigenvalue weighted by Gasteiger charge is -2.06. The molecule has 0 saturated carbocycles. The van der Waals surface area contributed by atoms with Crippen LogP contribution >= 0.6 is 22.9 Å². The Hall–Kier alpha value is -1.13. The maximum Gasteiger partial charge on any atom is 0.224 e. The van der Waals surface area contributed by atoms with Gasteiger partial charge in [0.05, 0.1) is 16.8 Å². The van der Waals surface area contributed by atoms with Crippen molar-refractivity contribution in [1.29, 1.82) is 0 Å². The summed E-state index contributed by atoms with van der Waals surface area (Å²) in [6, 6.07) is 7.94. The first-order valence-corrected chi connectivity index (χ1v) is 6.74. The van der Waals surface area contributed by atoms with Crippen LogP contribution in [0.2, 0.25) is 0 Å². The van der Waals surface area contributed by atoms with E-state index in [9.17, 15) is 4.79 Å². The predicted molar refractivity (Wildman–Crippen MR) is 71.4 cm³/mol. The highest BCUT2D eigenvalue weighted by molar-refractivity contribution is 7.18. The third-order valence-corrected chi connectivity index (χ3v) is 3.93. The van der Waals surface area contributed by atoms with E-state index in [1.54, 1.807) is 18.3 Å². The molecule has 0 aliphatic rings. The van der Waals surface area contributed by atoms with Crippen molar-refractivity contribution in [2.45, 2.75) is 13.5 Å². The number of carbonyl (C=O) groups excluding carboxylic acids is 1. The second-order valence-corrected chi connectivity index (χ2v) is 5.27. The Bertz CT molecular complexity index is 493. The summed E-state index contributed by atoms with van der Waals surface area (Å²) in [6.07, 6.45) is 0. The Kier molecular flexibility index (Phi) is 3.97. The average molecular weight is 269 g/mol. The van der Waals surface area contributed by atoms with Gasteiger partial charge in [0.25, 0.3) is 0 Å². The van der Waals surface area contributed by atoms with Crippen LogP contribution < -0.4 is 5.32 Å². The number of aromatic nitrogens is 1. The summed E-state index contributed by atoms with van der Waals surface area (Å²) >= 11 is 7.22. The van der Waals surface area contributed by atoms with Crippen LogP contribution in [0.25, 0.3) is 10.2 Å². The molecule has 1 aromatic heterocycles. The van der Waals surface area contributed by atoms with E-state index in [0.29, 0.717) is 12.4 Å². The molecule has 0 spiro atoms. The maximum atomic E-state index is 11.5. The number of fused-ring (bicyclic) bond motifs is 1. The molecule has 0 aliphatic heterocycles. The highest BCUT2D eigenvalue weighted by atomic mass is 35.5. The van der Waals surface area contributed by atoms with Gasteiger partial charge in [0.1, 0.15) is 5.01 Å². The zero-order chi connectivity index (χ0) is 12.3. The van der Waals surface area contributed by atoms with Gasteiger partial charge in [0.15, 0.2) is 0 Å². The summed E-state index contributed by atoms with van der Waals surface area (Å²) in [5.74, 6) is 0.149. The van der Waals surface area contributed by atoms with Crippen molar-refractivity contribution in [3.8, 4) is 0 Å². The SMILES string of the molecule is CC(CCl)C(=O)NCc1nc2ccccc2s1. The van der Waals surface area contributed by atoms with Crippen molar-refractivity contribution < 1.29 is 4.79 Å². The molecular formula is C12H13ClN2OS. The van der Waals surface area contributed by atoms with Gasteiger partial charge in [-0.25, -0.2) is 4.98 Å². The van der Waals surface area contributed by atoms with E-state index in [0.717, 1.165) is 15.2 Å². The summed E-state index contributed by atoms with van der Waals surface area (Å²) in [6.45, 7) is 2.28. The molecule has 0 radical (unpaired) electrons. The van der Waals surface area contributed by atoms with Crippen molar-refractivity contribution in [3.05, 3.63) is 29.3 Å². The minimum atomic E-state index is -0.161. The molecule has 1 heterocycles. The number of alkyl halides is 1. The standard InChI is InChI=1S/C12H13ClN2OS/c1-8(6-13)12(16)14-7-11-15-9-4-2-3-5-10(9)17-11/h2-5,8H,6-7H2,1H3,(H,14,16). The van der Waals surface area contributed by atoms with Gasteiger partial charge in [0, 0.05) is 11.8 Å². The van der Waals surface area contributed by atoms with Crippen LogP contribution in [0.1, 0.15) is 11.9 Å². The number of nitrogens with zero attached hydrogens (tertiary/aromatic N) is 1. The number of amides is 1. The van der Waals surface area contributed by atoms with Gasteiger partial charge < -0.3 is 5.32 Å².